The van der Waals surface area contributed by atoms with Crippen LogP contribution < -0.4 is 5.32 Å². The number of carboxylic acid groups (broad SMARTS) is 1. The molecular formula is C20H24FN3O3. The van der Waals surface area contributed by atoms with Gasteiger partial charge in [0.25, 0.3) is 5.91 Å². The van der Waals surface area contributed by atoms with E-state index in [2.05, 4.69) is 10.4 Å². The summed E-state index contributed by atoms with van der Waals surface area (Å²) >= 11 is 0. The molecule has 0 bridgehead atoms. The Morgan fingerprint density at radius 3 is 2.67 bits per heavy atom. The molecule has 0 radical (unpaired) electrons. The van der Waals surface area contributed by atoms with Crippen LogP contribution in [0, 0.1) is 11.7 Å². The van der Waals surface area contributed by atoms with Crippen molar-refractivity contribution in [3.63, 3.8) is 0 Å². The molecule has 1 heterocycles. The van der Waals surface area contributed by atoms with Crippen molar-refractivity contribution >= 4 is 11.9 Å². The number of nitrogens with one attached hydrogen (secondary N) is 1. The number of nitrogens with zero attached hydrogens (tertiary/aromatic N) is 2. The lowest BCUT2D eigenvalue weighted by Crippen LogP contribution is -2.51. The third-order valence-corrected chi connectivity index (χ3v) is 5.42. The van der Waals surface area contributed by atoms with Gasteiger partial charge in [0, 0.05) is 11.3 Å². The van der Waals surface area contributed by atoms with Crippen molar-refractivity contribution in [3.05, 3.63) is 47.0 Å². The molecule has 27 heavy (non-hydrogen) atoms. The number of fused-ring (bicyclic) bond motifs is 1. The zero-order chi connectivity index (χ0) is 19.8. The largest absolute Gasteiger partial charge is 0.481 e. The van der Waals surface area contributed by atoms with Gasteiger partial charge in [-0.05, 0) is 44.2 Å². The molecule has 3 rings (SSSR count). The fraction of sp³-hybridized carbons (Fsp3) is 0.450. The molecule has 1 atom stereocenters. The van der Waals surface area contributed by atoms with E-state index in [4.69, 9.17) is 0 Å². The average Bonchev–Trinajstić information content (AvgIpc) is 3.16. The third kappa shape index (κ3) is 3.59. The number of aliphatic carboxylic acids is 1. The minimum atomic E-state index is -0.978. The number of rotatable bonds is 6. The van der Waals surface area contributed by atoms with E-state index in [0.717, 1.165) is 24.1 Å². The van der Waals surface area contributed by atoms with Crippen LogP contribution in [-0.4, -0.2) is 32.3 Å². The average molecular weight is 373 g/mol. The van der Waals surface area contributed by atoms with Crippen LogP contribution in [0.3, 0.4) is 0 Å². The Morgan fingerprint density at radius 1 is 1.33 bits per heavy atom. The molecule has 0 saturated carbocycles. The predicted octanol–water partition coefficient (Wildman–Crippen LogP) is 3.12. The second-order valence-corrected chi connectivity index (χ2v) is 7.59. The van der Waals surface area contributed by atoms with Crippen molar-refractivity contribution in [2.75, 3.05) is 0 Å². The lowest BCUT2D eigenvalue weighted by atomic mass is 9.85. The predicted molar refractivity (Wildman–Crippen MR) is 98.5 cm³/mol. The number of aromatic nitrogens is 2. The van der Waals surface area contributed by atoms with Gasteiger partial charge >= 0.3 is 5.97 Å². The molecule has 1 amide bonds. The van der Waals surface area contributed by atoms with Crippen molar-refractivity contribution in [1.29, 1.82) is 0 Å². The zero-order valence-electron chi connectivity index (χ0n) is 15.8. The summed E-state index contributed by atoms with van der Waals surface area (Å²) in [6.45, 7) is 5.45. The fourth-order valence-corrected chi connectivity index (χ4v) is 3.47. The zero-order valence-corrected chi connectivity index (χ0v) is 15.8. The summed E-state index contributed by atoms with van der Waals surface area (Å²) in [6.07, 6.45) is 2.11. The normalized spacial score (nSPS) is 15.4. The highest BCUT2D eigenvalue weighted by Gasteiger charge is 2.36. The molecule has 7 heteroatoms. The van der Waals surface area contributed by atoms with Crippen LogP contribution in [-0.2, 0) is 17.6 Å². The number of carboxylic acids is 1. The summed E-state index contributed by atoms with van der Waals surface area (Å²) in [5.74, 6) is -1.88. The first kappa shape index (κ1) is 19.1. The first-order chi connectivity index (χ1) is 12.7. The van der Waals surface area contributed by atoms with Gasteiger partial charge in [-0.25, -0.2) is 9.07 Å². The molecule has 1 aromatic carbocycles. The summed E-state index contributed by atoms with van der Waals surface area (Å²) in [5.41, 5.74) is 1.32. The van der Waals surface area contributed by atoms with Crippen molar-refractivity contribution in [2.24, 2.45) is 5.92 Å². The van der Waals surface area contributed by atoms with Crippen molar-refractivity contribution < 1.29 is 19.1 Å². The van der Waals surface area contributed by atoms with E-state index >= 15 is 0 Å². The van der Waals surface area contributed by atoms with Crippen LogP contribution in [0.15, 0.2) is 24.3 Å². The second-order valence-electron chi connectivity index (χ2n) is 7.59. The molecular weight excluding hydrogens is 349 g/mol. The highest BCUT2D eigenvalue weighted by molar-refractivity contribution is 5.95. The van der Waals surface area contributed by atoms with E-state index < -0.39 is 23.2 Å². The monoisotopic (exact) mass is 373 g/mol. The van der Waals surface area contributed by atoms with Gasteiger partial charge in [0.05, 0.1) is 12.0 Å². The van der Waals surface area contributed by atoms with Gasteiger partial charge in [0.1, 0.15) is 11.5 Å². The molecule has 1 unspecified atom stereocenters. The lowest BCUT2D eigenvalue weighted by Gasteiger charge is -2.33. The molecule has 1 aliphatic rings. The smallest absolute Gasteiger partial charge is 0.305 e. The lowest BCUT2D eigenvalue weighted by molar-refractivity contribution is -0.138. The summed E-state index contributed by atoms with van der Waals surface area (Å²) in [6, 6.07) is 6.33. The molecule has 2 N–H and O–H groups in total. The number of hydrogen-bond donors (Lipinski definition) is 2. The number of carbonyl (C=O) groups excluding carboxylic acids is 1. The maximum absolute atomic E-state index is 14.2. The van der Waals surface area contributed by atoms with Gasteiger partial charge in [-0.1, -0.05) is 26.0 Å². The standard InChI is InChI=1S/C20H24FN3O3/c1-12(2)20(3,11-17(25)26)22-19(27)18-13-7-6-10-15(13)24(23-18)16-9-5-4-8-14(16)21/h4-5,8-9,12H,6-7,10-11H2,1-3H3,(H,22,27)(H,25,26). The molecule has 0 aliphatic heterocycles. The summed E-state index contributed by atoms with van der Waals surface area (Å²) < 4.78 is 15.8. The Balaban J connectivity index is 1.98. The van der Waals surface area contributed by atoms with Gasteiger partial charge in [-0.15, -0.1) is 0 Å². The molecule has 144 valence electrons. The van der Waals surface area contributed by atoms with Crippen molar-refractivity contribution in [2.45, 2.75) is 52.0 Å². The van der Waals surface area contributed by atoms with Gasteiger partial charge in [-0.3, -0.25) is 9.59 Å². The Hall–Kier alpha value is -2.70. The second kappa shape index (κ2) is 7.13. The summed E-state index contributed by atoms with van der Waals surface area (Å²) in [5, 5.41) is 16.5. The fourth-order valence-electron chi connectivity index (χ4n) is 3.47. The van der Waals surface area contributed by atoms with E-state index in [1.54, 1.807) is 25.1 Å². The number of carbonyl (C=O) groups is 2. The van der Waals surface area contributed by atoms with E-state index in [0.29, 0.717) is 12.1 Å². The quantitative estimate of drug-likeness (QED) is 0.815. The first-order valence-electron chi connectivity index (χ1n) is 9.13. The molecule has 2 aromatic rings. The van der Waals surface area contributed by atoms with Gasteiger partial charge in [0.15, 0.2) is 5.69 Å². The van der Waals surface area contributed by atoms with Crippen LogP contribution in [0.4, 0.5) is 4.39 Å². The van der Waals surface area contributed by atoms with E-state index in [1.807, 2.05) is 13.8 Å². The Labute approximate surface area is 157 Å². The van der Waals surface area contributed by atoms with E-state index in [9.17, 15) is 19.1 Å². The molecule has 1 aromatic heterocycles. The Kier molecular flexibility index (Phi) is 5.04. The minimum Gasteiger partial charge on any atom is -0.481 e. The van der Waals surface area contributed by atoms with Crippen LogP contribution in [0.5, 0.6) is 0 Å². The number of para-hydroxylation sites is 1. The Morgan fingerprint density at radius 2 is 2.04 bits per heavy atom. The van der Waals surface area contributed by atoms with Crippen LogP contribution in [0.1, 0.15) is 55.4 Å². The molecule has 0 saturated heterocycles. The van der Waals surface area contributed by atoms with Crippen LogP contribution >= 0.6 is 0 Å². The molecule has 1 aliphatic carbocycles. The number of hydrogen-bond acceptors (Lipinski definition) is 3. The number of benzene rings is 1. The third-order valence-electron chi connectivity index (χ3n) is 5.42. The van der Waals surface area contributed by atoms with Crippen LogP contribution in [0.25, 0.3) is 5.69 Å². The van der Waals surface area contributed by atoms with Gasteiger partial charge in [0.2, 0.25) is 0 Å². The first-order valence-corrected chi connectivity index (χ1v) is 9.13. The summed E-state index contributed by atoms with van der Waals surface area (Å²) in [4.78, 5) is 24.2. The van der Waals surface area contributed by atoms with Crippen LogP contribution in [0.2, 0.25) is 0 Å². The van der Waals surface area contributed by atoms with E-state index in [1.165, 1.54) is 10.7 Å². The minimum absolute atomic E-state index is 0.0840. The van der Waals surface area contributed by atoms with E-state index in [-0.39, 0.29) is 18.0 Å². The number of halogens is 1. The van der Waals surface area contributed by atoms with Crippen molar-refractivity contribution in [3.8, 4) is 5.69 Å². The highest BCUT2D eigenvalue weighted by atomic mass is 19.1. The molecule has 0 fully saturated rings. The molecule has 0 spiro atoms. The highest BCUT2D eigenvalue weighted by Crippen LogP contribution is 2.29. The Bertz CT molecular complexity index is 891. The van der Waals surface area contributed by atoms with Crippen molar-refractivity contribution in [1.82, 2.24) is 15.1 Å². The maximum atomic E-state index is 14.2. The van der Waals surface area contributed by atoms with Gasteiger partial charge in [-0.2, -0.15) is 5.10 Å². The number of amides is 1. The summed E-state index contributed by atoms with van der Waals surface area (Å²) in [7, 11) is 0. The maximum Gasteiger partial charge on any atom is 0.305 e. The van der Waals surface area contributed by atoms with Gasteiger partial charge < -0.3 is 10.4 Å². The molecule has 6 nitrogen and oxygen atoms in total. The SMILES string of the molecule is CC(C)C(C)(CC(=O)O)NC(=O)c1nn(-c2ccccc2F)c2c1CCC2. The topological polar surface area (TPSA) is 84.2 Å².